The summed E-state index contributed by atoms with van der Waals surface area (Å²) in [5.74, 6) is -2.84. The lowest BCUT2D eigenvalue weighted by molar-refractivity contribution is 0.0651. The van der Waals surface area contributed by atoms with Crippen molar-refractivity contribution in [1.82, 2.24) is 10.1 Å². The number of pyridine rings is 1. The van der Waals surface area contributed by atoms with Gasteiger partial charge in [0, 0.05) is 22.8 Å². The monoisotopic (exact) mass is 446 g/mol. The minimum absolute atomic E-state index is 0.0896. The van der Waals surface area contributed by atoms with E-state index in [-0.39, 0.29) is 16.8 Å². The number of hydrogen-bond donors (Lipinski definition) is 4. The summed E-state index contributed by atoms with van der Waals surface area (Å²) in [7, 11) is 0. The minimum Gasteiger partial charge on any atom is -0.478 e. The molecular weight excluding hydrogens is 428 g/mol. The molecule has 0 aliphatic rings. The largest absolute Gasteiger partial charge is 0.478 e. The van der Waals surface area contributed by atoms with Crippen LogP contribution in [0.4, 0.5) is 11.4 Å². The van der Waals surface area contributed by atoms with Crippen LogP contribution in [-0.2, 0) is 0 Å². The van der Waals surface area contributed by atoms with Crippen molar-refractivity contribution in [2.24, 2.45) is 5.73 Å². The average Bonchev–Trinajstić information content (AvgIpc) is 3.11. The molecule has 4 rings (SSSR count). The summed E-state index contributed by atoms with van der Waals surface area (Å²) >= 11 is 0. The first kappa shape index (κ1) is 21.5. The lowest BCUT2D eigenvalue weighted by atomic mass is 10.00. The number of nitrogens with one attached hydrogen (secondary N) is 1. The van der Waals surface area contributed by atoms with E-state index in [1.807, 2.05) is 19.1 Å². The predicted octanol–water partition coefficient (Wildman–Crippen LogP) is 3.75. The fraction of sp³-hybridized carbons (Fsp3) is 0.0870. The molecule has 2 heterocycles. The molecule has 4 aromatic rings. The number of carboxylic acids is 2. The fourth-order valence-corrected chi connectivity index (χ4v) is 3.70. The van der Waals surface area contributed by atoms with E-state index in [1.165, 1.54) is 24.4 Å². The van der Waals surface area contributed by atoms with Gasteiger partial charge in [-0.2, -0.15) is 0 Å². The number of carbonyl (C=O) groups is 3. The van der Waals surface area contributed by atoms with Gasteiger partial charge in [0.05, 0.1) is 33.6 Å². The summed E-state index contributed by atoms with van der Waals surface area (Å²) in [4.78, 5) is 39.3. The Hall–Kier alpha value is -4.73. The van der Waals surface area contributed by atoms with Crippen molar-refractivity contribution in [3.63, 3.8) is 0 Å². The molecule has 10 nitrogen and oxygen atoms in total. The van der Waals surface area contributed by atoms with E-state index in [4.69, 9.17) is 10.3 Å². The maximum atomic E-state index is 12.1. The number of hydrogen-bond acceptors (Lipinski definition) is 7. The van der Waals surface area contributed by atoms with E-state index in [0.29, 0.717) is 22.4 Å². The van der Waals surface area contributed by atoms with Gasteiger partial charge in [0.15, 0.2) is 0 Å². The van der Waals surface area contributed by atoms with E-state index in [0.717, 1.165) is 16.8 Å². The number of primary amides is 1. The Morgan fingerprint density at radius 3 is 2.30 bits per heavy atom. The first-order chi connectivity index (χ1) is 15.7. The molecule has 2 aromatic heterocycles. The number of aromatic carboxylic acids is 2. The number of benzene rings is 2. The third-order valence-corrected chi connectivity index (χ3v) is 5.21. The third-order valence-electron chi connectivity index (χ3n) is 5.21. The number of carboxylic acid groups (broad SMARTS) is 2. The second kappa shape index (κ2) is 8.08. The number of amides is 1. The van der Waals surface area contributed by atoms with Crippen molar-refractivity contribution in [3.8, 4) is 11.1 Å². The predicted molar refractivity (Wildman–Crippen MR) is 119 cm³/mol. The van der Waals surface area contributed by atoms with Gasteiger partial charge in [-0.15, -0.1) is 0 Å². The first-order valence-corrected chi connectivity index (χ1v) is 9.71. The number of nitrogens with zero attached hydrogens (tertiary/aromatic N) is 2. The van der Waals surface area contributed by atoms with Gasteiger partial charge in [0.2, 0.25) is 0 Å². The Morgan fingerprint density at radius 1 is 0.970 bits per heavy atom. The molecule has 166 valence electrons. The van der Waals surface area contributed by atoms with Crippen LogP contribution in [0, 0.1) is 13.8 Å². The Labute approximate surface area is 186 Å². The number of aromatic nitrogens is 2. The molecule has 0 fully saturated rings. The van der Waals surface area contributed by atoms with Gasteiger partial charge in [0.25, 0.3) is 5.91 Å². The normalized spacial score (nSPS) is 10.8. The van der Waals surface area contributed by atoms with Crippen molar-refractivity contribution in [3.05, 3.63) is 70.7 Å². The highest BCUT2D eigenvalue weighted by Crippen LogP contribution is 2.34. The number of rotatable bonds is 6. The third kappa shape index (κ3) is 3.85. The van der Waals surface area contributed by atoms with Gasteiger partial charge >= 0.3 is 11.9 Å². The molecule has 0 unspecified atom stereocenters. The summed E-state index contributed by atoms with van der Waals surface area (Å²) in [5, 5.41) is 26.2. The lowest BCUT2D eigenvalue weighted by Gasteiger charge is -2.15. The Morgan fingerprint density at radius 2 is 1.70 bits per heavy atom. The van der Waals surface area contributed by atoms with Gasteiger partial charge in [-0.1, -0.05) is 17.3 Å². The zero-order valence-electron chi connectivity index (χ0n) is 17.5. The maximum absolute atomic E-state index is 12.1. The summed E-state index contributed by atoms with van der Waals surface area (Å²) in [5.41, 5.74) is 8.38. The van der Waals surface area contributed by atoms with E-state index in [2.05, 4.69) is 15.5 Å². The molecule has 2 aromatic carbocycles. The molecule has 0 radical (unpaired) electrons. The molecule has 0 saturated carbocycles. The lowest BCUT2D eigenvalue weighted by Crippen LogP contribution is -2.14. The first-order valence-electron chi connectivity index (χ1n) is 9.71. The Bertz CT molecular complexity index is 1440. The van der Waals surface area contributed by atoms with E-state index in [9.17, 15) is 24.6 Å². The molecule has 10 heteroatoms. The molecule has 1 amide bonds. The van der Waals surface area contributed by atoms with Crippen LogP contribution in [0.3, 0.4) is 0 Å². The highest BCUT2D eigenvalue weighted by molar-refractivity contribution is 6.08. The molecule has 0 atom stereocenters. The van der Waals surface area contributed by atoms with Crippen LogP contribution in [0.2, 0.25) is 0 Å². The Balaban J connectivity index is 1.86. The van der Waals surface area contributed by atoms with Crippen LogP contribution in [0.5, 0.6) is 0 Å². The number of nitrogens with two attached hydrogens (primary N) is 1. The number of carbonyl (C=O) groups excluding carboxylic acids is 1. The second-order valence-electron chi connectivity index (χ2n) is 7.34. The minimum atomic E-state index is -1.39. The van der Waals surface area contributed by atoms with E-state index >= 15 is 0 Å². The smallest absolute Gasteiger partial charge is 0.336 e. The maximum Gasteiger partial charge on any atom is 0.336 e. The van der Waals surface area contributed by atoms with Crippen LogP contribution >= 0.6 is 0 Å². The van der Waals surface area contributed by atoms with Crippen LogP contribution in [0.25, 0.3) is 22.0 Å². The number of aryl methyl sites for hydroxylation is 2. The summed E-state index contributed by atoms with van der Waals surface area (Å²) < 4.78 is 5.24. The van der Waals surface area contributed by atoms with Crippen molar-refractivity contribution in [2.75, 3.05) is 5.32 Å². The summed E-state index contributed by atoms with van der Waals surface area (Å²) in [6.07, 6.45) is 1.33. The van der Waals surface area contributed by atoms with Gasteiger partial charge in [-0.05, 0) is 43.7 Å². The Kier molecular flexibility index (Phi) is 5.26. The molecule has 0 saturated heterocycles. The highest BCUT2D eigenvalue weighted by Gasteiger charge is 2.19. The highest BCUT2D eigenvalue weighted by atomic mass is 16.5. The topological polar surface area (TPSA) is 169 Å². The molecule has 0 spiro atoms. The van der Waals surface area contributed by atoms with E-state index in [1.54, 1.807) is 13.0 Å². The molecule has 0 aliphatic carbocycles. The molecule has 33 heavy (non-hydrogen) atoms. The second-order valence-corrected chi connectivity index (χ2v) is 7.34. The van der Waals surface area contributed by atoms with E-state index < -0.39 is 23.4 Å². The number of anilines is 2. The van der Waals surface area contributed by atoms with Crippen LogP contribution in [-0.4, -0.2) is 38.2 Å². The zero-order valence-corrected chi connectivity index (χ0v) is 17.5. The van der Waals surface area contributed by atoms with Crippen molar-refractivity contribution in [2.45, 2.75) is 13.8 Å². The van der Waals surface area contributed by atoms with Crippen LogP contribution in [0.15, 0.2) is 47.1 Å². The summed E-state index contributed by atoms with van der Waals surface area (Å²) in [6, 6.07) is 9.15. The van der Waals surface area contributed by atoms with Gasteiger partial charge < -0.3 is 25.8 Å². The molecule has 5 N–H and O–H groups in total. The van der Waals surface area contributed by atoms with Crippen molar-refractivity contribution < 1.29 is 29.1 Å². The van der Waals surface area contributed by atoms with Crippen molar-refractivity contribution in [1.29, 1.82) is 0 Å². The standard InChI is InChI=1S/C23H18N4O6/c1-10-19(11(2)33-27-10)12-3-5-15-18(7-12)25-9-17(21(24)28)20(15)26-13-4-6-14(22(29)30)16(8-13)23(31)32/h3-9H,1-2H3,(H2,24,28)(H,25,26)(H,29,30)(H,31,32). The van der Waals surface area contributed by atoms with Gasteiger partial charge in [-0.3, -0.25) is 9.78 Å². The summed E-state index contributed by atoms with van der Waals surface area (Å²) in [6.45, 7) is 3.63. The molecule has 0 bridgehead atoms. The van der Waals surface area contributed by atoms with Crippen LogP contribution in [0.1, 0.15) is 42.5 Å². The zero-order chi connectivity index (χ0) is 23.9. The average molecular weight is 446 g/mol. The molecule has 0 aliphatic heterocycles. The van der Waals surface area contributed by atoms with Gasteiger partial charge in [0.1, 0.15) is 5.76 Å². The van der Waals surface area contributed by atoms with Crippen LogP contribution < -0.4 is 11.1 Å². The van der Waals surface area contributed by atoms with Crippen molar-refractivity contribution >= 4 is 40.1 Å². The fourth-order valence-electron chi connectivity index (χ4n) is 3.70. The quantitative estimate of drug-likeness (QED) is 0.344. The number of fused-ring (bicyclic) bond motifs is 1. The van der Waals surface area contributed by atoms with Gasteiger partial charge in [-0.25, -0.2) is 9.59 Å². The SMILES string of the molecule is Cc1noc(C)c1-c1ccc2c(Nc3ccc(C(=O)O)c(C(=O)O)c3)c(C(N)=O)cnc2c1. The molecular formula is C23H18N4O6.